The van der Waals surface area contributed by atoms with Gasteiger partial charge in [0, 0.05) is 11.1 Å². The van der Waals surface area contributed by atoms with Crippen LogP contribution in [0.1, 0.15) is 17.2 Å². The molecular formula is C15H15O3. The van der Waals surface area contributed by atoms with Gasteiger partial charge in [0.25, 0.3) is 0 Å². The highest BCUT2D eigenvalue weighted by atomic mass is 16.5. The van der Waals surface area contributed by atoms with Crippen molar-refractivity contribution >= 4 is 0 Å². The maximum Gasteiger partial charge on any atom is 0.150 e. The molecule has 3 heteroatoms. The van der Waals surface area contributed by atoms with Crippen molar-refractivity contribution in [3.05, 3.63) is 59.7 Å². The molecule has 0 fully saturated rings. The molecule has 2 rings (SSSR count). The summed E-state index contributed by atoms with van der Waals surface area (Å²) in [6, 6.07) is 14.5. The molecule has 0 aromatic heterocycles. The van der Waals surface area contributed by atoms with Crippen LogP contribution in [0.25, 0.3) is 0 Å². The largest absolute Gasteiger partial charge is 0.496 e. The number of benzene rings is 2. The third-order valence-corrected chi connectivity index (χ3v) is 2.84. The first kappa shape index (κ1) is 12.5. The molecule has 0 heterocycles. The maximum absolute atomic E-state index is 12.5. The van der Waals surface area contributed by atoms with E-state index in [1.165, 1.54) is 0 Å². The fourth-order valence-corrected chi connectivity index (χ4v) is 1.93. The molecule has 0 spiro atoms. The quantitative estimate of drug-likeness (QED) is 0.826. The summed E-state index contributed by atoms with van der Waals surface area (Å²) in [7, 11) is 3.13. The van der Waals surface area contributed by atoms with Gasteiger partial charge in [-0.15, -0.1) is 0 Å². The van der Waals surface area contributed by atoms with Crippen LogP contribution in [0, 0.1) is 0 Å². The summed E-state index contributed by atoms with van der Waals surface area (Å²) in [4.78, 5) is 0. The van der Waals surface area contributed by atoms with Gasteiger partial charge in [-0.05, 0) is 12.1 Å². The van der Waals surface area contributed by atoms with E-state index in [2.05, 4.69) is 0 Å². The zero-order chi connectivity index (χ0) is 13.0. The van der Waals surface area contributed by atoms with Gasteiger partial charge in [-0.3, -0.25) is 0 Å². The van der Waals surface area contributed by atoms with Crippen molar-refractivity contribution in [1.82, 2.24) is 0 Å². The van der Waals surface area contributed by atoms with Gasteiger partial charge in [0.1, 0.15) is 11.5 Å². The van der Waals surface area contributed by atoms with Crippen LogP contribution in [0.15, 0.2) is 48.5 Å². The van der Waals surface area contributed by atoms with Crippen molar-refractivity contribution in [3.8, 4) is 11.5 Å². The summed E-state index contributed by atoms with van der Waals surface area (Å²) in [5, 5.41) is 12.5. The number of para-hydroxylation sites is 2. The molecule has 0 N–H and O–H groups in total. The second-order valence-corrected chi connectivity index (χ2v) is 3.86. The van der Waals surface area contributed by atoms with E-state index in [-0.39, 0.29) is 0 Å². The number of hydrogen-bond acceptors (Lipinski definition) is 2. The topological polar surface area (TPSA) is 38.4 Å². The van der Waals surface area contributed by atoms with Crippen LogP contribution in [-0.4, -0.2) is 14.2 Å². The van der Waals surface area contributed by atoms with Gasteiger partial charge in [0.15, 0.2) is 6.10 Å². The van der Waals surface area contributed by atoms with E-state index in [0.717, 1.165) is 0 Å². The Labute approximate surface area is 107 Å². The normalized spacial score (nSPS) is 10.4. The van der Waals surface area contributed by atoms with Gasteiger partial charge < -0.3 is 9.47 Å². The van der Waals surface area contributed by atoms with Crippen molar-refractivity contribution in [3.63, 3.8) is 0 Å². The summed E-state index contributed by atoms with van der Waals surface area (Å²) < 4.78 is 10.4. The van der Waals surface area contributed by atoms with Crippen molar-refractivity contribution in [1.29, 1.82) is 0 Å². The summed E-state index contributed by atoms with van der Waals surface area (Å²) in [5.74, 6) is 1.20. The smallest absolute Gasteiger partial charge is 0.150 e. The van der Waals surface area contributed by atoms with E-state index in [0.29, 0.717) is 22.6 Å². The van der Waals surface area contributed by atoms with Crippen LogP contribution >= 0.6 is 0 Å². The molecule has 0 saturated heterocycles. The first-order valence-electron chi connectivity index (χ1n) is 5.69. The Morgan fingerprint density at radius 2 is 1.17 bits per heavy atom. The predicted octanol–water partition coefficient (Wildman–Crippen LogP) is 3.22. The summed E-state index contributed by atoms with van der Waals surface area (Å²) >= 11 is 0. The zero-order valence-electron chi connectivity index (χ0n) is 10.4. The lowest BCUT2D eigenvalue weighted by Gasteiger charge is -2.15. The molecule has 0 unspecified atom stereocenters. The van der Waals surface area contributed by atoms with Gasteiger partial charge in [-0.1, -0.05) is 36.4 Å². The van der Waals surface area contributed by atoms with E-state index in [1.807, 2.05) is 24.3 Å². The molecule has 0 aliphatic carbocycles. The summed E-state index contributed by atoms with van der Waals surface area (Å²) in [5.41, 5.74) is 1.23. The number of rotatable bonds is 4. The minimum Gasteiger partial charge on any atom is -0.496 e. The standard InChI is InChI=1S/C15H15O3/c1-17-13-9-5-3-7-11(13)15(16)12-8-4-6-10-14(12)18-2/h3-10,15H,1-2H3. The molecule has 0 amide bonds. The van der Waals surface area contributed by atoms with Crippen molar-refractivity contribution in [2.24, 2.45) is 0 Å². The molecule has 3 nitrogen and oxygen atoms in total. The first-order valence-corrected chi connectivity index (χ1v) is 5.69. The number of ether oxygens (including phenoxy) is 2. The molecule has 2 aromatic rings. The molecule has 1 radical (unpaired) electrons. The Morgan fingerprint density at radius 3 is 1.56 bits per heavy atom. The lowest BCUT2D eigenvalue weighted by atomic mass is 10.00. The van der Waals surface area contributed by atoms with Crippen molar-refractivity contribution < 1.29 is 14.6 Å². The van der Waals surface area contributed by atoms with Gasteiger partial charge in [0.05, 0.1) is 14.2 Å². The first-order chi connectivity index (χ1) is 8.77. The molecule has 18 heavy (non-hydrogen) atoms. The average Bonchev–Trinajstić information content (AvgIpc) is 2.46. The molecule has 0 bridgehead atoms. The van der Waals surface area contributed by atoms with E-state index < -0.39 is 6.10 Å². The Balaban J connectivity index is 2.44. The highest BCUT2D eigenvalue weighted by molar-refractivity contribution is 5.45. The fraction of sp³-hybridized carbons (Fsp3) is 0.200. The van der Waals surface area contributed by atoms with Crippen LogP contribution in [0.5, 0.6) is 11.5 Å². The van der Waals surface area contributed by atoms with Crippen molar-refractivity contribution in [2.45, 2.75) is 6.10 Å². The van der Waals surface area contributed by atoms with Gasteiger partial charge in [0.2, 0.25) is 0 Å². The van der Waals surface area contributed by atoms with Crippen LogP contribution < -0.4 is 9.47 Å². The van der Waals surface area contributed by atoms with E-state index in [9.17, 15) is 5.11 Å². The van der Waals surface area contributed by atoms with E-state index >= 15 is 0 Å². The number of hydrogen-bond donors (Lipinski definition) is 0. The highest BCUT2D eigenvalue weighted by Crippen LogP contribution is 2.34. The lowest BCUT2D eigenvalue weighted by Crippen LogP contribution is -2.03. The zero-order valence-corrected chi connectivity index (χ0v) is 10.4. The van der Waals surface area contributed by atoms with Crippen molar-refractivity contribution in [2.75, 3.05) is 14.2 Å². The second-order valence-electron chi connectivity index (χ2n) is 3.86. The highest BCUT2D eigenvalue weighted by Gasteiger charge is 2.19. The monoisotopic (exact) mass is 243 g/mol. The SMILES string of the molecule is COc1ccccc1C([O])c1ccccc1OC. The van der Waals surface area contributed by atoms with Gasteiger partial charge in [-0.25, -0.2) is 5.11 Å². The Bertz CT molecular complexity index is 475. The molecule has 0 aliphatic heterocycles. The number of methoxy groups -OCH3 is 2. The minimum absolute atomic E-state index is 0.600. The molecular weight excluding hydrogens is 228 g/mol. The summed E-state index contributed by atoms with van der Waals surface area (Å²) in [6.07, 6.45) is -1.02. The maximum atomic E-state index is 12.5. The molecule has 0 aliphatic rings. The van der Waals surface area contributed by atoms with Gasteiger partial charge in [-0.2, -0.15) is 0 Å². The van der Waals surface area contributed by atoms with Crippen LogP contribution in [0.4, 0.5) is 0 Å². The fourth-order valence-electron chi connectivity index (χ4n) is 1.93. The minimum atomic E-state index is -1.02. The average molecular weight is 243 g/mol. The third kappa shape index (κ3) is 2.31. The lowest BCUT2D eigenvalue weighted by molar-refractivity contribution is 0.119. The van der Waals surface area contributed by atoms with Crippen LogP contribution in [-0.2, 0) is 5.11 Å². The third-order valence-electron chi connectivity index (χ3n) is 2.84. The Morgan fingerprint density at radius 1 is 0.778 bits per heavy atom. The molecule has 93 valence electrons. The Hall–Kier alpha value is -2.00. The molecule has 0 saturated carbocycles. The van der Waals surface area contributed by atoms with E-state index in [1.54, 1.807) is 38.5 Å². The Kier molecular flexibility index (Phi) is 3.85. The molecule has 0 atom stereocenters. The molecule has 2 aromatic carbocycles. The summed E-state index contributed by atoms with van der Waals surface area (Å²) in [6.45, 7) is 0. The van der Waals surface area contributed by atoms with Crippen LogP contribution in [0.2, 0.25) is 0 Å². The second kappa shape index (κ2) is 5.56. The van der Waals surface area contributed by atoms with E-state index in [4.69, 9.17) is 9.47 Å². The van der Waals surface area contributed by atoms with Crippen LogP contribution in [0.3, 0.4) is 0 Å². The van der Waals surface area contributed by atoms with Gasteiger partial charge >= 0.3 is 0 Å². The predicted molar refractivity (Wildman–Crippen MR) is 68.5 cm³/mol.